The van der Waals surface area contributed by atoms with E-state index in [9.17, 15) is 9.90 Å². The van der Waals surface area contributed by atoms with Gasteiger partial charge < -0.3 is 5.11 Å². The minimum atomic E-state index is -0.933. The van der Waals surface area contributed by atoms with Crippen molar-refractivity contribution in [2.24, 2.45) is 0 Å². The van der Waals surface area contributed by atoms with Crippen LogP contribution in [-0.4, -0.2) is 34.0 Å². The third kappa shape index (κ3) is 2.73. The third-order valence-electron chi connectivity index (χ3n) is 3.49. The minimum absolute atomic E-state index is 0.209. The molecule has 2 aromatic rings. The molecule has 1 fully saturated rings. The monoisotopic (exact) mass is 288 g/mol. The third-order valence-corrected chi connectivity index (χ3v) is 4.58. The van der Waals surface area contributed by atoms with Crippen LogP contribution in [0.5, 0.6) is 0 Å². The summed E-state index contributed by atoms with van der Waals surface area (Å²) in [7, 11) is 0. The summed E-state index contributed by atoms with van der Waals surface area (Å²) in [6.07, 6.45) is 2.40. The van der Waals surface area contributed by atoms with Crippen LogP contribution in [0.3, 0.4) is 0 Å². The van der Waals surface area contributed by atoms with E-state index in [1.807, 2.05) is 30.3 Å². The molecule has 1 N–H and O–H groups in total. The fourth-order valence-corrected chi connectivity index (χ4v) is 3.58. The number of hydrogen-bond donors (Lipinski definition) is 1. The normalized spacial score (nSPS) is 15.6. The van der Waals surface area contributed by atoms with E-state index in [4.69, 9.17) is 0 Å². The van der Waals surface area contributed by atoms with E-state index in [0.717, 1.165) is 28.5 Å². The first-order valence-electron chi connectivity index (χ1n) is 6.75. The van der Waals surface area contributed by atoms with E-state index < -0.39 is 5.97 Å². The van der Waals surface area contributed by atoms with Gasteiger partial charge in [-0.25, -0.2) is 9.78 Å². The van der Waals surface area contributed by atoms with Crippen LogP contribution in [0, 0.1) is 0 Å². The van der Waals surface area contributed by atoms with Crippen LogP contribution in [0.2, 0.25) is 0 Å². The molecular weight excluding hydrogens is 272 g/mol. The standard InChI is InChI=1S/C15H16N2O2S/c18-15(19)13-12(10-17-8-4-5-9-17)20-14(16-13)11-6-2-1-3-7-11/h1-3,6-7H,4-5,8-10H2,(H,18,19). The molecule has 1 aliphatic rings. The highest BCUT2D eigenvalue weighted by Crippen LogP contribution is 2.29. The highest BCUT2D eigenvalue weighted by Gasteiger charge is 2.21. The molecule has 5 heteroatoms. The average Bonchev–Trinajstić information content (AvgIpc) is 3.10. The van der Waals surface area contributed by atoms with Crippen LogP contribution >= 0.6 is 11.3 Å². The van der Waals surface area contributed by atoms with Gasteiger partial charge in [0.05, 0.1) is 4.88 Å². The van der Waals surface area contributed by atoms with Crippen molar-refractivity contribution >= 4 is 17.3 Å². The summed E-state index contributed by atoms with van der Waals surface area (Å²) in [5, 5.41) is 10.1. The lowest BCUT2D eigenvalue weighted by Crippen LogP contribution is -2.19. The molecule has 0 unspecified atom stereocenters. The van der Waals surface area contributed by atoms with E-state index in [1.54, 1.807) is 0 Å². The van der Waals surface area contributed by atoms with Crippen molar-refractivity contribution in [1.82, 2.24) is 9.88 Å². The van der Waals surface area contributed by atoms with Crippen molar-refractivity contribution in [3.63, 3.8) is 0 Å². The Morgan fingerprint density at radius 1 is 1.25 bits per heavy atom. The molecule has 4 nitrogen and oxygen atoms in total. The zero-order valence-corrected chi connectivity index (χ0v) is 11.9. The van der Waals surface area contributed by atoms with Crippen molar-refractivity contribution in [3.8, 4) is 10.6 Å². The number of likely N-dealkylation sites (tertiary alicyclic amines) is 1. The molecular formula is C15H16N2O2S. The number of rotatable bonds is 4. The van der Waals surface area contributed by atoms with Gasteiger partial charge in [0.2, 0.25) is 0 Å². The van der Waals surface area contributed by atoms with Gasteiger partial charge in [-0.1, -0.05) is 30.3 Å². The molecule has 0 radical (unpaired) electrons. The summed E-state index contributed by atoms with van der Waals surface area (Å²) in [5.74, 6) is -0.933. The molecule has 1 saturated heterocycles. The van der Waals surface area contributed by atoms with Gasteiger partial charge in [-0.3, -0.25) is 4.90 Å². The minimum Gasteiger partial charge on any atom is -0.476 e. The molecule has 20 heavy (non-hydrogen) atoms. The first-order chi connectivity index (χ1) is 9.74. The SMILES string of the molecule is O=C(O)c1nc(-c2ccccc2)sc1CN1CCCC1. The number of benzene rings is 1. The fourth-order valence-electron chi connectivity index (χ4n) is 2.47. The van der Waals surface area contributed by atoms with Crippen LogP contribution in [-0.2, 0) is 6.54 Å². The maximum atomic E-state index is 11.4. The lowest BCUT2D eigenvalue weighted by Gasteiger charge is -2.12. The number of hydrogen-bond acceptors (Lipinski definition) is 4. The van der Waals surface area contributed by atoms with Crippen molar-refractivity contribution in [2.45, 2.75) is 19.4 Å². The van der Waals surface area contributed by atoms with Crippen LogP contribution in [0.25, 0.3) is 10.6 Å². The van der Waals surface area contributed by atoms with Crippen molar-refractivity contribution < 1.29 is 9.90 Å². The zero-order valence-electron chi connectivity index (χ0n) is 11.1. The van der Waals surface area contributed by atoms with Crippen LogP contribution in [0.4, 0.5) is 0 Å². The lowest BCUT2D eigenvalue weighted by atomic mass is 10.2. The summed E-state index contributed by atoms with van der Waals surface area (Å²) in [6.45, 7) is 2.81. The molecule has 3 rings (SSSR count). The molecule has 0 atom stereocenters. The van der Waals surface area contributed by atoms with Gasteiger partial charge in [0.25, 0.3) is 0 Å². The second-order valence-electron chi connectivity index (χ2n) is 4.95. The van der Waals surface area contributed by atoms with Gasteiger partial charge in [0, 0.05) is 12.1 Å². The fraction of sp³-hybridized carbons (Fsp3) is 0.333. The number of aromatic carboxylic acids is 1. The average molecular weight is 288 g/mol. The van der Waals surface area contributed by atoms with E-state index >= 15 is 0 Å². The van der Waals surface area contributed by atoms with E-state index in [2.05, 4.69) is 9.88 Å². The predicted molar refractivity (Wildman–Crippen MR) is 79.0 cm³/mol. The maximum Gasteiger partial charge on any atom is 0.355 e. The zero-order chi connectivity index (χ0) is 13.9. The van der Waals surface area contributed by atoms with Gasteiger partial charge in [-0.15, -0.1) is 11.3 Å². The first-order valence-corrected chi connectivity index (χ1v) is 7.56. The molecule has 0 bridgehead atoms. The second-order valence-corrected chi connectivity index (χ2v) is 6.03. The predicted octanol–water partition coefficient (Wildman–Crippen LogP) is 3.10. The molecule has 1 aromatic heterocycles. The Balaban J connectivity index is 1.92. The summed E-state index contributed by atoms with van der Waals surface area (Å²) in [6, 6.07) is 9.75. The quantitative estimate of drug-likeness (QED) is 0.939. The maximum absolute atomic E-state index is 11.4. The second kappa shape index (κ2) is 5.73. The van der Waals surface area contributed by atoms with Crippen molar-refractivity contribution in [2.75, 3.05) is 13.1 Å². The Labute approximate surface area is 121 Å². The van der Waals surface area contributed by atoms with Gasteiger partial charge in [0.15, 0.2) is 5.69 Å². The smallest absolute Gasteiger partial charge is 0.355 e. The van der Waals surface area contributed by atoms with Crippen LogP contribution < -0.4 is 0 Å². The number of aromatic nitrogens is 1. The summed E-state index contributed by atoms with van der Waals surface area (Å²) in [5.41, 5.74) is 1.19. The molecule has 0 aliphatic carbocycles. The van der Waals surface area contributed by atoms with E-state index in [0.29, 0.717) is 6.54 Å². The molecule has 0 amide bonds. The van der Waals surface area contributed by atoms with Crippen molar-refractivity contribution in [1.29, 1.82) is 0 Å². The largest absolute Gasteiger partial charge is 0.476 e. The number of carbonyl (C=O) groups is 1. The van der Waals surface area contributed by atoms with E-state index in [1.165, 1.54) is 24.2 Å². The van der Waals surface area contributed by atoms with Gasteiger partial charge >= 0.3 is 5.97 Å². The Hall–Kier alpha value is -1.72. The van der Waals surface area contributed by atoms with Crippen LogP contribution in [0.1, 0.15) is 28.2 Å². The first kappa shape index (κ1) is 13.3. The molecule has 2 heterocycles. The van der Waals surface area contributed by atoms with Crippen LogP contribution in [0.15, 0.2) is 30.3 Å². The Morgan fingerprint density at radius 3 is 2.60 bits per heavy atom. The van der Waals surface area contributed by atoms with Crippen molar-refractivity contribution in [3.05, 3.63) is 40.9 Å². The van der Waals surface area contributed by atoms with Gasteiger partial charge in [-0.05, 0) is 25.9 Å². The Morgan fingerprint density at radius 2 is 1.95 bits per heavy atom. The number of carboxylic acids is 1. The number of nitrogens with zero attached hydrogens (tertiary/aromatic N) is 2. The molecule has 0 saturated carbocycles. The Bertz CT molecular complexity index is 604. The number of thiazole rings is 1. The summed E-state index contributed by atoms with van der Waals surface area (Å²) in [4.78, 5) is 18.8. The van der Waals surface area contributed by atoms with E-state index in [-0.39, 0.29) is 5.69 Å². The van der Waals surface area contributed by atoms with Gasteiger partial charge in [0.1, 0.15) is 5.01 Å². The molecule has 1 aromatic carbocycles. The lowest BCUT2D eigenvalue weighted by molar-refractivity contribution is 0.0689. The van der Waals surface area contributed by atoms with Gasteiger partial charge in [-0.2, -0.15) is 0 Å². The molecule has 104 valence electrons. The highest BCUT2D eigenvalue weighted by atomic mass is 32.1. The summed E-state index contributed by atoms with van der Waals surface area (Å²) >= 11 is 1.49. The summed E-state index contributed by atoms with van der Waals surface area (Å²) < 4.78 is 0. The topological polar surface area (TPSA) is 53.4 Å². The Kier molecular flexibility index (Phi) is 3.80. The number of carboxylic acid groups (broad SMARTS) is 1. The molecule has 0 spiro atoms. The highest BCUT2D eigenvalue weighted by molar-refractivity contribution is 7.15. The molecule has 1 aliphatic heterocycles.